The van der Waals surface area contributed by atoms with Gasteiger partial charge in [0, 0.05) is 19.0 Å². The predicted molar refractivity (Wildman–Crippen MR) is 99.0 cm³/mol. The molecule has 1 fully saturated rings. The number of likely N-dealkylation sites (tertiary alicyclic amines) is 1. The van der Waals surface area contributed by atoms with Gasteiger partial charge in [0.2, 0.25) is 0 Å². The maximum Gasteiger partial charge on any atom is 0.433 e. The number of nitrogens with zero attached hydrogens (tertiary/aromatic N) is 5. The molecule has 3 aromatic rings. The molecule has 0 spiro atoms. The molecule has 1 aromatic carbocycles. The largest absolute Gasteiger partial charge is 0.433 e. The van der Waals surface area contributed by atoms with E-state index in [4.69, 9.17) is 0 Å². The fourth-order valence-electron chi connectivity index (χ4n) is 3.84. The molecule has 0 amide bonds. The van der Waals surface area contributed by atoms with Gasteiger partial charge >= 0.3 is 6.18 Å². The maximum atomic E-state index is 13.5. The van der Waals surface area contributed by atoms with Crippen molar-refractivity contribution in [2.75, 3.05) is 13.1 Å². The highest BCUT2D eigenvalue weighted by atomic mass is 19.4. The van der Waals surface area contributed by atoms with Crippen molar-refractivity contribution in [1.29, 1.82) is 0 Å². The number of benzene rings is 1. The fourth-order valence-corrected chi connectivity index (χ4v) is 3.84. The van der Waals surface area contributed by atoms with E-state index >= 15 is 0 Å². The van der Waals surface area contributed by atoms with E-state index in [2.05, 4.69) is 52.0 Å². The van der Waals surface area contributed by atoms with E-state index in [9.17, 15) is 13.2 Å². The van der Waals surface area contributed by atoms with Crippen LogP contribution in [-0.4, -0.2) is 37.6 Å². The molecule has 2 aromatic heterocycles. The van der Waals surface area contributed by atoms with Gasteiger partial charge in [0.05, 0.1) is 5.69 Å². The molecule has 0 aliphatic carbocycles. The number of hydrogen-bond acceptors (Lipinski definition) is 4. The van der Waals surface area contributed by atoms with Crippen LogP contribution >= 0.6 is 0 Å². The predicted octanol–water partition coefficient (Wildman–Crippen LogP) is 4.14. The number of hydrogen-bond donors (Lipinski definition) is 0. The molecule has 0 radical (unpaired) electrons. The first-order chi connectivity index (χ1) is 13.3. The zero-order valence-corrected chi connectivity index (χ0v) is 15.9. The second kappa shape index (κ2) is 7.16. The van der Waals surface area contributed by atoms with Crippen molar-refractivity contribution < 1.29 is 13.2 Å². The van der Waals surface area contributed by atoms with E-state index < -0.39 is 11.9 Å². The van der Waals surface area contributed by atoms with Crippen LogP contribution in [0.2, 0.25) is 0 Å². The lowest BCUT2D eigenvalue weighted by atomic mass is 9.93. The third-order valence-electron chi connectivity index (χ3n) is 5.46. The lowest BCUT2D eigenvalue weighted by Gasteiger charge is -2.32. The molecule has 148 valence electrons. The summed E-state index contributed by atoms with van der Waals surface area (Å²) < 4.78 is 41.1. The van der Waals surface area contributed by atoms with Crippen molar-refractivity contribution in [2.24, 2.45) is 0 Å². The molecule has 1 atom stereocenters. The smallest absolute Gasteiger partial charge is 0.298 e. The first kappa shape index (κ1) is 18.9. The first-order valence-corrected chi connectivity index (χ1v) is 9.37. The zero-order chi connectivity index (χ0) is 19.9. The van der Waals surface area contributed by atoms with Crippen molar-refractivity contribution in [3.8, 4) is 0 Å². The summed E-state index contributed by atoms with van der Waals surface area (Å²) >= 11 is 0. The fraction of sp³-hybridized carbons (Fsp3) is 0.450. The highest BCUT2D eigenvalue weighted by Gasteiger charge is 2.36. The van der Waals surface area contributed by atoms with E-state index in [1.54, 1.807) is 0 Å². The van der Waals surface area contributed by atoms with Crippen molar-refractivity contribution in [2.45, 2.75) is 45.3 Å². The summed E-state index contributed by atoms with van der Waals surface area (Å²) in [6.45, 7) is 6.58. The van der Waals surface area contributed by atoms with Crippen LogP contribution < -0.4 is 0 Å². The van der Waals surface area contributed by atoms with Gasteiger partial charge in [0.15, 0.2) is 5.69 Å². The summed E-state index contributed by atoms with van der Waals surface area (Å²) in [5.41, 5.74) is 3.35. The molecule has 0 N–H and O–H groups in total. The van der Waals surface area contributed by atoms with Crippen LogP contribution in [-0.2, 0) is 12.7 Å². The van der Waals surface area contributed by atoms with Gasteiger partial charge in [-0.15, -0.1) is 0 Å². The Balaban J connectivity index is 1.58. The van der Waals surface area contributed by atoms with Gasteiger partial charge in [0.25, 0.3) is 5.78 Å². The van der Waals surface area contributed by atoms with Gasteiger partial charge in [0.1, 0.15) is 6.33 Å². The van der Waals surface area contributed by atoms with Gasteiger partial charge in [-0.25, -0.2) is 4.98 Å². The molecule has 3 heterocycles. The third kappa shape index (κ3) is 3.73. The molecular weight excluding hydrogens is 367 g/mol. The average molecular weight is 389 g/mol. The van der Waals surface area contributed by atoms with E-state index in [0.717, 1.165) is 42.8 Å². The van der Waals surface area contributed by atoms with E-state index in [0.29, 0.717) is 12.2 Å². The third-order valence-corrected chi connectivity index (χ3v) is 5.46. The van der Waals surface area contributed by atoms with Gasteiger partial charge in [-0.3, -0.25) is 4.90 Å². The number of rotatable bonds is 3. The molecule has 8 heteroatoms. The maximum absolute atomic E-state index is 13.5. The normalized spacial score (nSPS) is 18.7. The van der Waals surface area contributed by atoms with Crippen LogP contribution in [0.25, 0.3) is 5.78 Å². The molecule has 0 saturated carbocycles. The van der Waals surface area contributed by atoms with Gasteiger partial charge in [-0.2, -0.15) is 27.8 Å². The van der Waals surface area contributed by atoms with E-state index in [1.807, 2.05) is 0 Å². The summed E-state index contributed by atoms with van der Waals surface area (Å²) in [7, 11) is 0. The second-order valence-electron chi connectivity index (χ2n) is 7.53. The zero-order valence-electron chi connectivity index (χ0n) is 15.9. The van der Waals surface area contributed by atoms with Crippen molar-refractivity contribution in [3.63, 3.8) is 0 Å². The number of aromatic nitrogens is 4. The standard InChI is InChI=1S/C20H22F3N5/c1-13-5-6-15(8-14(13)2)10-27-7-3-4-16(11-27)17-9-18(20(21,22)23)28-19(26-17)24-12-25-28/h5-6,8-9,12,16H,3-4,7,10-11H2,1-2H3. The minimum absolute atomic E-state index is 0.00360. The minimum atomic E-state index is -4.50. The molecular formula is C20H22F3N5. The highest BCUT2D eigenvalue weighted by Crippen LogP contribution is 2.33. The second-order valence-corrected chi connectivity index (χ2v) is 7.53. The van der Waals surface area contributed by atoms with Gasteiger partial charge in [-0.1, -0.05) is 18.2 Å². The van der Waals surface area contributed by atoms with Crippen LogP contribution in [0.4, 0.5) is 13.2 Å². The first-order valence-electron chi connectivity index (χ1n) is 9.37. The molecule has 1 unspecified atom stereocenters. The average Bonchev–Trinajstić information content (AvgIpc) is 3.12. The summed E-state index contributed by atoms with van der Waals surface area (Å²) in [6.07, 6.45) is -1.65. The Morgan fingerprint density at radius 2 is 1.96 bits per heavy atom. The molecule has 1 saturated heterocycles. The topological polar surface area (TPSA) is 46.3 Å². The minimum Gasteiger partial charge on any atom is -0.298 e. The van der Waals surface area contributed by atoms with Crippen LogP contribution in [0.1, 0.15) is 46.8 Å². The summed E-state index contributed by atoms with van der Waals surface area (Å²) in [6, 6.07) is 7.55. The van der Waals surface area contributed by atoms with Gasteiger partial charge in [-0.05, 0) is 56.0 Å². The number of aryl methyl sites for hydroxylation is 2. The quantitative estimate of drug-likeness (QED) is 0.676. The number of piperidine rings is 1. The summed E-state index contributed by atoms with van der Waals surface area (Å²) in [5, 5.41) is 3.67. The molecule has 5 nitrogen and oxygen atoms in total. The van der Waals surface area contributed by atoms with E-state index in [-0.39, 0.29) is 11.7 Å². The van der Waals surface area contributed by atoms with Crippen molar-refractivity contribution >= 4 is 5.78 Å². The Morgan fingerprint density at radius 3 is 2.71 bits per heavy atom. The number of halogens is 3. The van der Waals surface area contributed by atoms with E-state index in [1.165, 1.54) is 16.7 Å². The Labute approximate surface area is 161 Å². The molecule has 1 aliphatic rings. The lowest BCUT2D eigenvalue weighted by molar-refractivity contribution is -0.142. The van der Waals surface area contributed by atoms with Crippen LogP contribution in [0, 0.1) is 13.8 Å². The number of fused-ring (bicyclic) bond motifs is 1. The van der Waals surface area contributed by atoms with Crippen LogP contribution in [0.5, 0.6) is 0 Å². The Bertz CT molecular complexity index is 995. The van der Waals surface area contributed by atoms with Crippen LogP contribution in [0.15, 0.2) is 30.6 Å². The van der Waals surface area contributed by atoms with Crippen molar-refractivity contribution in [3.05, 3.63) is 58.7 Å². The lowest BCUT2D eigenvalue weighted by Crippen LogP contribution is -2.34. The monoisotopic (exact) mass is 389 g/mol. The molecule has 4 rings (SSSR count). The highest BCUT2D eigenvalue weighted by molar-refractivity contribution is 5.33. The Hall–Kier alpha value is -2.48. The summed E-state index contributed by atoms with van der Waals surface area (Å²) in [5.74, 6) is -0.0563. The Kier molecular flexibility index (Phi) is 4.82. The van der Waals surface area contributed by atoms with Crippen molar-refractivity contribution in [1.82, 2.24) is 24.5 Å². The molecule has 0 bridgehead atoms. The SMILES string of the molecule is Cc1ccc(CN2CCCC(c3cc(C(F)(F)F)n4ncnc4n3)C2)cc1C. The Morgan fingerprint density at radius 1 is 1.14 bits per heavy atom. The number of alkyl halides is 3. The summed E-state index contributed by atoms with van der Waals surface area (Å²) in [4.78, 5) is 10.5. The van der Waals surface area contributed by atoms with Crippen LogP contribution in [0.3, 0.4) is 0 Å². The molecule has 1 aliphatic heterocycles. The molecule has 28 heavy (non-hydrogen) atoms. The van der Waals surface area contributed by atoms with Gasteiger partial charge < -0.3 is 0 Å².